The van der Waals surface area contributed by atoms with Gasteiger partial charge in [-0.05, 0) is 22.9 Å². The molecule has 0 radical (unpaired) electrons. The van der Waals surface area contributed by atoms with Crippen LogP contribution < -0.4 is 28.1 Å². The minimum atomic E-state index is -1.21. The molecule has 0 bridgehead atoms. The summed E-state index contributed by atoms with van der Waals surface area (Å²) in [7, 11) is -1.21. The Labute approximate surface area is 163 Å². The van der Waals surface area contributed by atoms with Gasteiger partial charge in [-0.1, -0.05) is 72.7 Å². The summed E-state index contributed by atoms with van der Waals surface area (Å²) in [5.41, 5.74) is 1.72. The Hall–Kier alpha value is 0.579. The second-order valence-corrected chi connectivity index (χ2v) is 14.7. The SMILES string of the molecule is CCCCCCc1cc([B-](CC)(CC)CC)sc1[Si](C)(C)C.[Li+]. The Morgan fingerprint density at radius 3 is 1.91 bits per heavy atom. The second-order valence-electron chi connectivity index (χ2n) is 8.27. The van der Waals surface area contributed by atoms with Crippen molar-refractivity contribution in [2.45, 2.75) is 98.4 Å². The molecule has 0 aliphatic heterocycles. The van der Waals surface area contributed by atoms with Crippen LogP contribution in [0.25, 0.3) is 0 Å². The first-order valence-electron chi connectivity index (χ1n) is 9.68. The van der Waals surface area contributed by atoms with E-state index >= 15 is 0 Å². The zero-order valence-corrected chi connectivity index (χ0v) is 19.0. The van der Waals surface area contributed by atoms with E-state index in [-0.39, 0.29) is 25.0 Å². The predicted molar refractivity (Wildman–Crippen MR) is 112 cm³/mol. The molecule has 0 N–H and O–H groups in total. The van der Waals surface area contributed by atoms with Crippen molar-refractivity contribution >= 4 is 34.8 Å². The van der Waals surface area contributed by atoms with Crippen LogP contribution in [0.1, 0.15) is 58.9 Å². The summed E-state index contributed by atoms with van der Waals surface area (Å²) < 4.78 is 3.54. The van der Waals surface area contributed by atoms with Crippen molar-refractivity contribution in [2.24, 2.45) is 0 Å². The van der Waals surface area contributed by atoms with Crippen molar-refractivity contribution in [3.8, 4) is 0 Å². The van der Waals surface area contributed by atoms with E-state index in [0.717, 1.165) is 0 Å². The van der Waals surface area contributed by atoms with Gasteiger partial charge in [0.15, 0.2) is 0 Å². The van der Waals surface area contributed by atoms with Gasteiger partial charge in [-0.3, -0.25) is 0 Å². The molecule has 0 aliphatic carbocycles. The van der Waals surface area contributed by atoms with Gasteiger partial charge in [-0.2, -0.15) is 35.1 Å². The van der Waals surface area contributed by atoms with E-state index in [1.807, 2.05) is 0 Å². The van der Waals surface area contributed by atoms with Crippen molar-refractivity contribution < 1.29 is 18.9 Å². The molecule has 0 saturated carbocycles. The fourth-order valence-electron chi connectivity index (χ4n) is 3.78. The molecule has 0 atom stereocenters. The van der Waals surface area contributed by atoms with E-state index in [1.54, 1.807) is 14.8 Å². The summed E-state index contributed by atoms with van der Waals surface area (Å²) in [6.45, 7) is 17.1. The van der Waals surface area contributed by atoms with E-state index in [0.29, 0.717) is 0 Å². The maximum atomic E-state index is 2.64. The van der Waals surface area contributed by atoms with Crippen molar-refractivity contribution in [1.29, 1.82) is 0 Å². The molecule has 4 heteroatoms. The molecule has 0 nitrogen and oxygen atoms in total. The Morgan fingerprint density at radius 2 is 1.48 bits per heavy atom. The number of aryl methyl sites for hydroxylation is 1. The van der Waals surface area contributed by atoms with Gasteiger partial charge in [-0.25, -0.2) is 0 Å². The molecule has 1 rings (SSSR count). The van der Waals surface area contributed by atoms with Gasteiger partial charge in [-0.15, -0.1) is 0 Å². The molecule has 0 saturated heterocycles. The summed E-state index contributed by atoms with van der Waals surface area (Å²) >= 11 is 2.20. The first-order valence-corrected chi connectivity index (χ1v) is 14.0. The van der Waals surface area contributed by atoms with Gasteiger partial charge in [0.1, 0.15) is 0 Å². The molecule has 0 amide bonds. The third-order valence-electron chi connectivity index (χ3n) is 5.76. The van der Waals surface area contributed by atoms with Crippen molar-refractivity contribution in [2.75, 3.05) is 0 Å². The Morgan fingerprint density at radius 1 is 0.913 bits per heavy atom. The fraction of sp³-hybridized carbons (Fsp3) is 0.789. The van der Waals surface area contributed by atoms with Crippen molar-refractivity contribution in [3.05, 3.63) is 11.6 Å². The molecule has 0 aromatic carbocycles. The first-order chi connectivity index (χ1) is 10.3. The summed E-state index contributed by atoms with van der Waals surface area (Å²) in [4.78, 5) is 0. The number of unbranched alkanes of at least 4 members (excludes halogenated alkanes) is 3. The van der Waals surface area contributed by atoms with Crippen LogP contribution in [0.3, 0.4) is 0 Å². The zero-order valence-electron chi connectivity index (χ0n) is 17.2. The predicted octanol–water partition coefficient (Wildman–Crippen LogP) is 3.14. The van der Waals surface area contributed by atoms with Gasteiger partial charge in [0.25, 0.3) is 0 Å². The molecule has 0 unspecified atom stereocenters. The summed E-state index contributed by atoms with van der Waals surface area (Å²) in [6.07, 6.45) is 10.6. The van der Waals surface area contributed by atoms with Gasteiger partial charge in [0.2, 0.25) is 0 Å². The Kier molecular flexibility index (Phi) is 10.8. The van der Waals surface area contributed by atoms with Crippen LogP contribution in [0.15, 0.2) is 6.07 Å². The molecule has 1 aromatic heterocycles. The molecular formula is C19H38BLiSSi. The smallest absolute Gasteiger partial charge is 0.193 e. The van der Waals surface area contributed by atoms with Crippen LogP contribution in [0.2, 0.25) is 38.6 Å². The van der Waals surface area contributed by atoms with E-state index < -0.39 is 8.07 Å². The molecular weight excluding hydrogens is 306 g/mol. The van der Waals surface area contributed by atoms with Crippen LogP contribution >= 0.6 is 11.3 Å². The third kappa shape index (κ3) is 6.10. The molecule has 0 aliphatic rings. The summed E-state index contributed by atoms with van der Waals surface area (Å²) in [6, 6.07) is 2.64. The molecule has 0 fully saturated rings. The molecule has 23 heavy (non-hydrogen) atoms. The molecule has 1 aromatic rings. The van der Waals surface area contributed by atoms with Gasteiger partial charge >= 0.3 is 18.9 Å². The number of hydrogen-bond donors (Lipinski definition) is 0. The van der Waals surface area contributed by atoms with Crippen LogP contribution in [0.5, 0.6) is 0 Å². The zero-order chi connectivity index (χ0) is 16.8. The topological polar surface area (TPSA) is 0 Å². The van der Waals surface area contributed by atoms with Crippen molar-refractivity contribution in [3.63, 3.8) is 0 Å². The molecule has 0 spiro atoms. The number of hydrogen-bond acceptors (Lipinski definition) is 1. The maximum absolute atomic E-state index is 2.64. The third-order valence-corrected chi connectivity index (χ3v) is 10.9. The van der Waals surface area contributed by atoms with Crippen LogP contribution in [-0.4, -0.2) is 14.2 Å². The van der Waals surface area contributed by atoms with Gasteiger partial charge < -0.3 is 0 Å². The second kappa shape index (κ2) is 10.5. The Bertz CT molecular complexity index is 438. The largest absolute Gasteiger partial charge is 1.00 e. The van der Waals surface area contributed by atoms with Crippen LogP contribution in [0.4, 0.5) is 0 Å². The van der Waals surface area contributed by atoms with Gasteiger partial charge in [0, 0.05) is 6.15 Å². The van der Waals surface area contributed by atoms with Crippen LogP contribution in [-0.2, 0) is 6.42 Å². The van der Waals surface area contributed by atoms with E-state index in [4.69, 9.17) is 0 Å². The fourth-order valence-corrected chi connectivity index (χ4v) is 8.00. The van der Waals surface area contributed by atoms with Crippen molar-refractivity contribution in [1.82, 2.24) is 0 Å². The minimum Gasteiger partial charge on any atom is -0.193 e. The quantitative estimate of drug-likeness (QED) is 0.452. The first kappa shape index (κ1) is 23.6. The van der Waals surface area contributed by atoms with Gasteiger partial charge in [0.05, 0.1) is 8.07 Å². The Balaban J connectivity index is 0.00000484. The standard InChI is InChI=1S/C19H38BSSi.Li/c1-8-12-13-14-15-17-16-18(20(9-2,10-3)11-4)21-19(17)22(5,6)7;/h16H,8-15H2,1-7H3;/q-1;+1. The average molecular weight is 344 g/mol. The van der Waals surface area contributed by atoms with Crippen LogP contribution in [0, 0.1) is 0 Å². The molecule has 1 heterocycles. The normalized spacial score (nSPS) is 12.3. The maximum Gasteiger partial charge on any atom is 1.00 e. The average Bonchev–Trinajstić information content (AvgIpc) is 2.91. The van der Waals surface area contributed by atoms with E-state index in [9.17, 15) is 0 Å². The summed E-state index contributed by atoms with van der Waals surface area (Å²) in [5, 5.41) is 0. The minimum absolute atomic E-state index is 0. The monoisotopic (exact) mass is 344 g/mol. The van der Waals surface area contributed by atoms with E-state index in [2.05, 4.69) is 64.7 Å². The summed E-state index contributed by atoms with van der Waals surface area (Å²) in [5.74, 6) is 0. The van der Waals surface area contributed by atoms with E-state index in [1.165, 1.54) is 51.1 Å². The number of thiophene rings is 1. The molecule has 128 valence electrons. The number of rotatable bonds is 10.